The van der Waals surface area contributed by atoms with Crippen molar-refractivity contribution in [2.45, 2.75) is 12.6 Å². The smallest absolute Gasteiger partial charge is 0.133 e. The summed E-state index contributed by atoms with van der Waals surface area (Å²) in [6.45, 7) is -0.207. The van der Waals surface area contributed by atoms with Crippen molar-refractivity contribution >= 4 is 11.6 Å². The van der Waals surface area contributed by atoms with Crippen LogP contribution < -0.4 is 5.73 Å². The van der Waals surface area contributed by atoms with Crippen molar-refractivity contribution in [3.05, 3.63) is 34.1 Å². The second kappa shape index (κ2) is 5.42. The van der Waals surface area contributed by atoms with Crippen molar-refractivity contribution in [1.82, 2.24) is 0 Å². The van der Waals surface area contributed by atoms with E-state index in [1.54, 1.807) is 0 Å². The number of methoxy groups -OCH3 is 1. The highest BCUT2D eigenvalue weighted by molar-refractivity contribution is 6.30. The molecule has 1 aromatic carbocycles. The fourth-order valence-corrected chi connectivity index (χ4v) is 1.55. The van der Waals surface area contributed by atoms with Crippen LogP contribution in [0.2, 0.25) is 5.02 Å². The zero-order valence-electron chi connectivity index (χ0n) is 8.34. The number of aliphatic hydroxyl groups is 1. The largest absolute Gasteiger partial charge is 0.394 e. The van der Waals surface area contributed by atoms with Gasteiger partial charge in [-0.3, -0.25) is 0 Å². The van der Waals surface area contributed by atoms with Crippen molar-refractivity contribution in [2.24, 2.45) is 5.73 Å². The monoisotopic (exact) mass is 233 g/mol. The van der Waals surface area contributed by atoms with Gasteiger partial charge in [0.25, 0.3) is 0 Å². The summed E-state index contributed by atoms with van der Waals surface area (Å²) < 4.78 is 18.6. The number of nitrogens with two attached hydrogens (primary N) is 1. The van der Waals surface area contributed by atoms with E-state index in [0.717, 1.165) is 0 Å². The van der Waals surface area contributed by atoms with Crippen molar-refractivity contribution in [3.8, 4) is 0 Å². The summed E-state index contributed by atoms with van der Waals surface area (Å²) in [5, 5.41) is 9.24. The number of hydrogen-bond donors (Lipinski definition) is 2. The third-order valence-electron chi connectivity index (χ3n) is 2.04. The van der Waals surface area contributed by atoms with E-state index in [4.69, 9.17) is 27.2 Å². The summed E-state index contributed by atoms with van der Waals surface area (Å²) >= 11 is 5.80. The fraction of sp³-hybridized carbons (Fsp3) is 0.400. The molecular formula is C10H13ClFNO2. The Hall–Kier alpha value is -0.680. The SMILES string of the molecule is COCc1cc(Cl)cc(C(N)CO)c1F. The van der Waals surface area contributed by atoms with Crippen LogP contribution in [0.15, 0.2) is 12.1 Å². The van der Waals surface area contributed by atoms with Crippen LogP contribution in [0.4, 0.5) is 4.39 Å². The van der Waals surface area contributed by atoms with Crippen LogP contribution in [0.1, 0.15) is 17.2 Å². The van der Waals surface area contributed by atoms with Gasteiger partial charge >= 0.3 is 0 Å². The molecule has 0 spiro atoms. The second-order valence-corrected chi connectivity index (χ2v) is 3.63. The van der Waals surface area contributed by atoms with Crippen LogP contribution in [0.3, 0.4) is 0 Å². The average molecular weight is 234 g/mol. The highest BCUT2D eigenvalue weighted by Gasteiger charge is 2.15. The summed E-state index contributed by atoms with van der Waals surface area (Å²) in [6, 6.07) is 2.13. The molecule has 0 radical (unpaired) electrons. The van der Waals surface area contributed by atoms with Crippen molar-refractivity contribution in [1.29, 1.82) is 0 Å². The molecule has 5 heteroatoms. The third kappa shape index (κ3) is 2.89. The molecule has 0 heterocycles. The third-order valence-corrected chi connectivity index (χ3v) is 2.26. The van der Waals surface area contributed by atoms with Crippen molar-refractivity contribution < 1.29 is 14.2 Å². The standard InChI is InChI=1S/C10H13ClFNO2/c1-15-5-6-2-7(11)3-8(10(6)12)9(13)4-14/h2-3,9,14H,4-5,13H2,1H3. The van der Waals surface area contributed by atoms with Gasteiger partial charge in [-0.1, -0.05) is 11.6 Å². The predicted octanol–water partition coefficient (Wildman–Crippen LogP) is 1.62. The first-order valence-electron chi connectivity index (χ1n) is 4.43. The minimum atomic E-state index is -0.765. The highest BCUT2D eigenvalue weighted by Crippen LogP contribution is 2.24. The number of ether oxygens (including phenoxy) is 1. The Kier molecular flexibility index (Phi) is 4.47. The van der Waals surface area contributed by atoms with E-state index in [1.165, 1.54) is 19.2 Å². The molecule has 0 saturated carbocycles. The quantitative estimate of drug-likeness (QED) is 0.831. The first kappa shape index (κ1) is 12.4. The number of hydrogen-bond acceptors (Lipinski definition) is 3. The van der Waals surface area contributed by atoms with Crippen LogP contribution in [-0.2, 0) is 11.3 Å². The lowest BCUT2D eigenvalue weighted by atomic mass is 10.0. The van der Waals surface area contributed by atoms with Gasteiger partial charge in [0.05, 0.1) is 19.3 Å². The van der Waals surface area contributed by atoms with Crippen LogP contribution in [0, 0.1) is 5.82 Å². The Balaban J connectivity index is 3.15. The maximum Gasteiger partial charge on any atom is 0.133 e. The first-order valence-corrected chi connectivity index (χ1v) is 4.81. The summed E-state index contributed by atoms with van der Waals surface area (Å²) in [5.74, 6) is -0.470. The van der Waals surface area contributed by atoms with Gasteiger partial charge in [-0.05, 0) is 12.1 Å². The maximum atomic E-state index is 13.7. The molecule has 15 heavy (non-hydrogen) atoms. The molecule has 1 rings (SSSR count). The van der Waals surface area contributed by atoms with Crippen LogP contribution in [-0.4, -0.2) is 18.8 Å². The first-order chi connectivity index (χ1) is 7.10. The van der Waals surface area contributed by atoms with Gasteiger partial charge in [0.1, 0.15) is 5.82 Å². The lowest BCUT2D eigenvalue weighted by Gasteiger charge is -2.13. The molecule has 84 valence electrons. The predicted molar refractivity (Wildman–Crippen MR) is 56.1 cm³/mol. The van der Waals surface area contributed by atoms with Gasteiger partial charge in [0.2, 0.25) is 0 Å². The van der Waals surface area contributed by atoms with Gasteiger partial charge < -0.3 is 15.6 Å². The van der Waals surface area contributed by atoms with Gasteiger partial charge in [0.15, 0.2) is 0 Å². The summed E-state index contributed by atoms with van der Waals surface area (Å²) in [5.41, 5.74) is 6.08. The van der Waals surface area contributed by atoms with Crippen LogP contribution >= 0.6 is 11.6 Å². The van der Waals surface area contributed by atoms with E-state index in [2.05, 4.69) is 0 Å². The van der Waals surface area contributed by atoms with Crippen molar-refractivity contribution in [3.63, 3.8) is 0 Å². The Morgan fingerprint density at radius 3 is 2.80 bits per heavy atom. The lowest BCUT2D eigenvalue weighted by Crippen LogP contribution is -2.17. The zero-order chi connectivity index (χ0) is 11.4. The lowest BCUT2D eigenvalue weighted by molar-refractivity contribution is 0.181. The van der Waals surface area contributed by atoms with Gasteiger partial charge in [-0.15, -0.1) is 0 Å². The van der Waals surface area contributed by atoms with Crippen LogP contribution in [0.5, 0.6) is 0 Å². The molecule has 1 unspecified atom stereocenters. The molecule has 1 aromatic rings. The molecular weight excluding hydrogens is 221 g/mol. The molecule has 0 bridgehead atoms. The van der Waals surface area contributed by atoms with Crippen LogP contribution in [0.25, 0.3) is 0 Å². The molecule has 3 nitrogen and oxygen atoms in total. The minimum Gasteiger partial charge on any atom is -0.394 e. The maximum absolute atomic E-state index is 13.7. The summed E-state index contributed by atoms with van der Waals surface area (Å²) in [7, 11) is 1.46. The van der Waals surface area contributed by atoms with E-state index < -0.39 is 11.9 Å². The number of benzene rings is 1. The normalized spacial score (nSPS) is 12.9. The topological polar surface area (TPSA) is 55.5 Å². The molecule has 0 aliphatic rings. The van der Waals surface area contributed by atoms with E-state index >= 15 is 0 Å². The molecule has 0 fully saturated rings. The molecule has 0 aliphatic carbocycles. The minimum absolute atomic E-state index is 0.123. The molecule has 1 atom stereocenters. The second-order valence-electron chi connectivity index (χ2n) is 3.19. The van der Waals surface area contributed by atoms with Gasteiger partial charge in [0, 0.05) is 23.3 Å². The van der Waals surface area contributed by atoms with E-state index in [1.807, 2.05) is 0 Å². The van der Waals surface area contributed by atoms with E-state index in [-0.39, 0.29) is 18.8 Å². The van der Waals surface area contributed by atoms with E-state index in [0.29, 0.717) is 10.6 Å². The number of halogens is 2. The molecule has 0 aromatic heterocycles. The molecule has 0 amide bonds. The van der Waals surface area contributed by atoms with E-state index in [9.17, 15) is 4.39 Å². The Bertz CT molecular complexity index is 346. The summed E-state index contributed by atoms with van der Waals surface area (Å²) in [6.07, 6.45) is 0. The van der Waals surface area contributed by atoms with Gasteiger partial charge in [-0.25, -0.2) is 4.39 Å². The summed E-state index contributed by atoms with van der Waals surface area (Å²) in [4.78, 5) is 0. The Morgan fingerprint density at radius 1 is 1.60 bits per heavy atom. The Morgan fingerprint density at radius 2 is 2.27 bits per heavy atom. The zero-order valence-corrected chi connectivity index (χ0v) is 9.09. The van der Waals surface area contributed by atoms with Crippen molar-refractivity contribution in [2.75, 3.05) is 13.7 Å². The van der Waals surface area contributed by atoms with Gasteiger partial charge in [-0.2, -0.15) is 0 Å². The Labute approximate surface area is 92.6 Å². The number of rotatable bonds is 4. The molecule has 0 aliphatic heterocycles. The number of aliphatic hydroxyl groups excluding tert-OH is 1. The average Bonchev–Trinajstić information content (AvgIpc) is 2.22. The highest BCUT2D eigenvalue weighted by atomic mass is 35.5. The fourth-order valence-electron chi connectivity index (χ4n) is 1.30. The molecule has 3 N–H and O–H groups in total. The molecule has 0 saturated heterocycles.